The molecule has 18 heavy (non-hydrogen) atoms. The lowest BCUT2D eigenvalue weighted by Gasteiger charge is -2.18. The molecule has 0 saturated heterocycles. The highest BCUT2D eigenvalue weighted by Crippen LogP contribution is 2.29. The van der Waals surface area contributed by atoms with Crippen LogP contribution in [0, 0.1) is 5.92 Å². The maximum Gasteiger partial charge on any atom is 0.161 e. The van der Waals surface area contributed by atoms with Gasteiger partial charge < -0.3 is 19.9 Å². The van der Waals surface area contributed by atoms with Gasteiger partial charge in [-0.1, -0.05) is 13.0 Å². The van der Waals surface area contributed by atoms with E-state index in [1.54, 1.807) is 14.2 Å². The van der Waals surface area contributed by atoms with Crippen LogP contribution in [0.2, 0.25) is 0 Å². The molecule has 0 aliphatic rings. The van der Waals surface area contributed by atoms with E-state index in [0.717, 1.165) is 23.6 Å². The van der Waals surface area contributed by atoms with Gasteiger partial charge in [-0.3, -0.25) is 0 Å². The summed E-state index contributed by atoms with van der Waals surface area (Å²) in [6.45, 7) is 5.08. The highest BCUT2D eigenvalue weighted by atomic mass is 16.5. The van der Waals surface area contributed by atoms with Gasteiger partial charge in [-0.2, -0.15) is 0 Å². The van der Waals surface area contributed by atoms with Crippen molar-refractivity contribution in [3.8, 4) is 11.5 Å². The smallest absolute Gasteiger partial charge is 0.161 e. The van der Waals surface area contributed by atoms with Gasteiger partial charge in [0.25, 0.3) is 0 Å². The number of benzene rings is 1. The standard InChI is InChI=1S/C14H23NO3/c1-10(9-16)8-15-11(2)12-5-6-13(17-3)14(7-12)18-4/h5-7,10-11,15-16H,8-9H2,1-4H3. The largest absolute Gasteiger partial charge is 0.493 e. The highest BCUT2D eigenvalue weighted by Gasteiger charge is 2.10. The maximum atomic E-state index is 8.99. The minimum Gasteiger partial charge on any atom is -0.493 e. The molecule has 0 fully saturated rings. The molecule has 102 valence electrons. The normalized spacial score (nSPS) is 14.1. The van der Waals surface area contributed by atoms with E-state index >= 15 is 0 Å². The molecule has 0 spiro atoms. The van der Waals surface area contributed by atoms with E-state index in [0.29, 0.717) is 0 Å². The van der Waals surface area contributed by atoms with Crippen LogP contribution in [0.5, 0.6) is 11.5 Å². The van der Waals surface area contributed by atoms with Crippen LogP contribution in [-0.4, -0.2) is 32.5 Å². The Kier molecular flexibility index (Phi) is 5.95. The number of rotatable bonds is 7. The number of ether oxygens (including phenoxy) is 2. The van der Waals surface area contributed by atoms with Crippen LogP contribution in [0.15, 0.2) is 18.2 Å². The molecular weight excluding hydrogens is 230 g/mol. The summed E-state index contributed by atoms with van der Waals surface area (Å²) >= 11 is 0. The quantitative estimate of drug-likeness (QED) is 0.780. The van der Waals surface area contributed by atoms with E-state index in [1.807, 2.05) is 25.1 Å². The fourth-order valence-electron chi connectivity index (χ4n) is 1.68. The summed E-state index contributed by atoms with van der Waals surface area (Å²) in [6.07, 6.45) is 0. The first-order valence-electron chi connectivity index (χ1n) is 6.18. The van der Waals surface area contributed by atoms with Crippen LogP contribution >= 0.6 is 0 Å². The Balaban J connectivity index is 2.70. The zero-order valence-electron chi connectivity index (χ0n) is 11.6. The Morgan fingerprint density at radius 3 is 2.39 bits per heavy atom. The van der Waals surface area contributed by atoms with Gasteiger partial charge in [-0.25, -0.2) is 0 Å². The minimum absolute atomic E-state index is 0.200. The molecular formula is C14H23NO3. The molecule has 0 amide bonds. The number of hydrogen-bond donors (Lipinski definition) is 2. The Labute approximate surface area is 109 Å². The van der Waals surface area contributed by atoms with Gasteiger partial charge in [-0.15, -0.1) is 0 Å². The van der Waals surface area contributed by atoms with Crippen molar-refractivity contribution in [2.75, 3.05) is 27.4 Å². The predicted octanol–water partition coefficient (Wildman–Crippen LogP) is 1.98. The van der Waals surface area contributed by atoms with E-state index in [9.17, 15) is 0 Å². The molecule has 0 radical (unpaired) electrons. The molecule has 4 nitrogen and oxygen atoms in total. The third-order valence-electron chi connectivity index (χ3n) is 2.99. The number of hydrogen-bond acceptors (Lipinski definition) is 4. The summed E-state index contributed by atoms with van der Waals surface area (Å²) in [5.41, 5.74) is 1.14. The molecule has 1 rings (SSSR count). The number of aliphatic hydroxyl groups excluding tert-OH is 1. The molecule has 0 bridgehead atoms. The molecule has 0 heterocycles. The fraction of sp³-hybridized carbons (Fsp3) is 0.571. The van der Waals surface area contributed by atoms with Crippen molar-refractivity contribution in [1.82, 2.24) is 5.32 Å². The zero-order chi connectivity index (χ0) is 13.5. The van der Waals surface area contributed by atoms with Crippen molar-refractivity contribution in [3.05, 3.63) is 23.8 Å². The summed E-state index contributed by atoms with van der Waals surface area (Å²) in [7, 11) is 3.26. The fourth-order valence-corrected chi connectivity index (χ4v) is 1.68. The first-order chi connectivity index (χ1) is 8.62. The Bertz CT molecular complexity index is 368. The van der Waals surface area contributed by atoms with Crippen molar-refractivity contribution >= 4 is 0 Å². The summed E-state index contributed by atoms with van der Waals surface area (Å²) in [6, 6.07) is 6.10. The van der Waals surface area contributed by atoms with Gasteiger partial charge in [-0.05, 0) is 30.5 Å². The van der Waals surface area contributed by atoms with Gasteiger partial charge in [0, 0.05) is 19.2 Å². The van der Waals surface area contributed by atoms with Gasteiger partial charge in [0.2, 0.25) is 0 Å². The van der Waals surface area contributed by atoms with E-state index in [1.165, 1.54) is 0 Å². The SMILES string of the molecule is COc1ccc(C(C)NCC(C)CO)cc1OC. The van der Waals surface area contributed by atoms with Crippen LogP contribution in [0.4, 0.5) is 0 Å². The average Bonchev–Trinajstić information content (AvgIpc) is 2.43. The second-order valence-electron chi connectivity index (χ2n) is 4.53. The van der Waals surface area contributed by atoms with Crippen molar-refractivity contribution in [3.63, 3.8) is 0 Å². The molecule has 0 saturated carbocycles. The third-order valence-corrected chi connectivity index (χ3v) is 2.99. The molecule has 4 heteroatoms. The number of methoxy groups -OCH3 is 2. The van der Waals surface area contributed by atoms with Crippen molar-refractivity contribution < 1.29 is 14.6 Å². The molecule has 0 aliphatic carbocycles. The summed E-state index contributed by atoms with van der Waals surface area (Å²) < 4.78 is 10.5. The van der Waals surface area contributed by atoms with E-state index < -0.39 is 0 Å². The number of nitrogens with one attached hydrogen (secondary N) is 1. The van der Waals surface area contributed by atoms with Crippen molar-refractivity contribution in [2.45, 2.75) is 19.9 Å². The van der Waals surface area contributed by atoms with E-state index in [-0.39, 0.29) is 18.6 Å². The molecule has 2 atom stereocenters. The van der Waals surface area contributed by atoms with Crippen LogP contribution in [0.1, 0.15) is 25.5 Å². The van der Waals surface area contributed by atoms with Crippen molar-refractivity contribution in [2.24, 2.45) is 5.92 Å². The molecule has 2 unspecified atom stereocenters. The maximum absolute atomic E-state index is 8.99. The first kappa shape index (κ1) is 14.8. The van der Waals surface area contributed by atoms with Gasteiger partial charge >= 0.3 is 0 Å². The van der Waals surface area contributed by atoms with E-state index in [4.69, 9.17) is 14.6 Å². The third kappa shape index (κ3) is 3.89. The molecule has 0 aliphatic heterocycles. The summed E-state index contributed by atoms with van der Waals surface area (Å²) in [5, 5.41) is 12.4. The lowest BCUT2D eigenvalue weighted by molar-refractivity contribution is 0.231. The van der Waals surface area contributed by atoms with Crippen LogP contribution in [0.3, 0.4) is 0 Å². The molecule has 1 aromatic rings. The lowest BCUT2D eigenvalue weighted by Crippen LogP contribution is -2.26. The molecule has 2 N–H and O–H groups in total. The second kappa shape index (κ2) is 7.24. The average molecular weight is 253 g/mol. The Morgan fingerprint density at radius 2 is 1.83 bits per heavy atom. The first-order valence-corrected chi connectivity index (χ1v) is 6.18. The van der Waals surface area contributed by atoms with Crippen LogP contribution in [-0.2, 0) is 0 Å². The minimum atomic E-state index is 0.200. The monoisotopic (exact) mass is 253 g/mol. The summed E-state index contributed by atoms with van der Waals surface area (Å²) in [5.74, 6) is 1.73. The summed E-state index contributed by atoms with van der Waals surface area (Å²) in [4.78, 5) is 0. The Morgan fingerprint density at radius 1 is 1.17 bits per heavy atom. The van der Waals surface area contributed by atoms with E-state index in [2.05, 4.69) is 12.2 Å². The number of aliphatic hydroxyl groups is 1. The van der Waals surface area contributed by atoms with Crippen LogP contribution in [0.25, 0.3) is 0 Å². The molecule has 1 aromatic carbocycles. The topological polar surface area (TPSA) is 50.7 Å². The predicted molar refractivity (Wildman–Crippen MR) is 72.2 cm³/mol. The zero-order valence-corrected chi connectivity index (χ0v) is 11.6. The van der Waals surface area contributed by atoms with Gasteiger partial charge in [0.05, 0.1) is 14.2 Å². The second-order valence-corrected chi connectivity index (χ2v) is 4.53. The highest BCUT2D eigenvalue weighted by molar-refractivity contribution is 5.43. The van der Waals surface area contributed by atoms with Crippen LogP contribution < -0.4 is 14.8 Å². The van der Waals surface area contributed by atoms with Crippen molar-refractivity contribution in [1.29, 1.82) is 0 Å². The molecule has 0 aromatic heterocycles. The lowest BCUT2D eigenvalue weighted by atomic mass is 10.1. The van der Waals surface area contributed by atoms with Gasteiger partial charge in [0.1, 0.15) is 0 Å². The Hall–Kier alpha value is -1.26. The van der Waals surface area contributed by atoms with Gasteiger partial charge in [0.15, 0.2) is 11.5 Å².